The molecular weight excluding hydrogens is 366 g/mol. The summed E-state index contributed by atoms with van der Waals surface area (Å²) >= 11 is 6.53. The third kappa shape index (κ3) is 4.51. The molecule has 0 radical (unpaired) electrons. The second-order valence-corrected chi connectivity index (χ2v) is 7.53. The van der Waals surface area contributed by atoms with E-state index < -0.39 is 0 Å². The fourth-order valence-corrected chi connectivity index (χ4v) is 3.40. The van der Waals surface area contributed by atoms with Gasteiger partial charge in [-0.05, 0) is 36.1 Å². The third-order valence-electron chi connectivity index (χ3n) is 4.24. The standard InChI is InChI=1S/C20H24ClN3O3/c1-11(2)6-14(22)10-26-17-5-4-15-16-7-18(24-12(3)25)23-8-13(16)9-27-20(15)19(17)21/h4-5,7-8,11,14H,6,9-10,22H2,1-3H3,(H,23,24,25). The van der Waals surface area contributed by atoms with Crippen LogP contribution >= 0.6 is 11.6 Å². The van der Waals surface area contributed by atoms with E-state index >= 15 is 0 Å². The van der Waals surface area contributed by atoms with E-state index in [4.69, 9.17) is 26.8 Å². The highest BCUT2D eigenvalue weighted by molar-refractivity contribution is 6.34. The largest absolute Gasteiger partial charge is 0.490 e. The number of hydrogen-bond acceptors (Lipinski definition) is 5. The number of anilines is 1. The van der Waals surface area contributed by atoms with Gasteiger partial charge in [0.2, 0.25) is 5.91 Å². The molecule has 2 aromatic rings. The zero-order valence-corrected chi connectivity index (χ0v) is 16.5. The topological polar surface area (TPSA) is 86.5 Å². The van der Waals surface area contributed by atoms with E-state index in [2.05, 4.69) is 24.1 Å². The van der Waals surface area contributed by atoms with Gasteiger partial charge in [-0.1, -0.05) is 25.4 Å². The highest BCUT2D eigenvalue weighted by atomic mass is 35.5. The van der Waals surface area contributed by atoms with Crippen molar-refractivity contribution in [3.05, 3.63) is 35.0 Å². The van der Waals surface area contributed by atoms with Crippen molar-refractivity contribution >= 4 is 23.3 Å². The maximum absolute atomic E-state index is 11.3. The fourth-order valence-electron chi connectivity index (χ4n) is 3.12. The molecule has 1 aliphatic rings. The molecule has 1 aromatic carbocycles. The lowest BCUT2D eigenvalue weighted by atomic mass is 9.98. The summed E-state index contributed by atoms with van der Waals surface area (Å²) in [7, 11) is 0. The molecule has 0 saturated carbocycles. The minimum absolute atomic E-state index is 0.0509. The van der Waals surface area contributed by atoms with Crippen LogP contribution in [-0.4, -0.2) is 23.5 Å². The molecule has 1 aromatic heterocycles. The minimum atomic E-state index is -0.172. The van der Waals surface area contributed by atoms with Gasteiger partial charge >= 0.3 is 0 Å². The number of ether oxygens (including phenoxy) is 2. The summed E-state index contributed by atoms with van der Waals surface area (Å²) in [6.07, 6.45) is 2.58. The number of amides is 1. The van der Waals surface area contributed by atoms with Gasteiger partial charge in [0.25, 0.3) is 0 Å². The number of rotatable bonds is 6. The summed E-state index contributed by atoms with van der Waals surface area (Å²) < 4.78 is 11.7. The summed E-state index contributed by atoms with van der Waals surface area (Å²) in [6, 6.07) is 5.50. The summed E-state index contributed by atoms with van der Waals surface area (Å²) in [5.74, 6) is 1.95. The summed E-state index contributed by atoms with van der Waals surface area (Å²) in [6.45, 7) is 6.44. The smallest absolute Gasteiger partial charge is 0.222 e. The van der Waals surface area contributed by atoms with Crippen LogP contribution in [-0.2, 0) is 11.4 Å². The molecule has 0 saturated heterocycles. The SMILES string of the molecule is CC(=O)Nc1cc2c(cn1)COc1c-2ccc(OCC(N)CC(C)C)c1Cl. The molecule has 27 heavy (non-hydrogen) atoms. The third-order valence-corrected chi connectivity index (χ3v) is 4.60. The Labute approximate surface area is 164 Å². The maximum Gasteiger partial charge on any atom is 0.222 e. The molecule has 1 aliphatic heterocycles. The van der Waals surface area contributed by atoms with Crippen LogP contribution in [0.4, 0.5) is 5.82 Å². The predicted molar refractivity (Wildman–Crippen MR) is 106 cm³/mol. The molecule has 3 N–H and O–H groups in total. The van der Waals surface area contributed by atoms with Gasteiger partial charge in [0.15, 0.2) is 0 Å². The van der Waals surface area contributed by atoms with Crippen LogP contribution in [0.25, 0.3) is 11.1 Å². The van der Waals surface area contributed by atoms with Crippen molar-refractivity contribution in [3.63, 3.8) is 0 Å². The molecule has 1 unspecified atom stereocenters. The Morgan fingerprint density at radius 3 is 2.89 bits per heavy atom. The van der Waals surface area contributed by atoms with Crippen LogP contribution in [0.5, 0.6) is 11.5 Å². The average Bonchev–Trinajstić information content (AvgIpc) is 2.60. The number of nitrogens with one attached hydrogen (secondary N) is 1. The molecule has 0 aliphatic carbocycles. The molecule has 1 atom stereocenters. The van der Waals surface area contributed by atoms with E-state index in [-0.39, 0.29) is 11.9 Å². The number of carbonyl (C=O) groups excluding carboxylic acids is 1. The number of nitrogens with zero attached hydrogens (tertiary/aromatic N) is 1. The van der Waals surface area contributed by atoms with Gasteiger partial charge in [0.05, 0.1) is 0 Å². The van der Waals surface area contributed by atoms with E-state index in [0.717, 1.165) is 23.1 Å². The number of pyridine rings is 1. The Kier molecular flexibility index (Phi) is 5.87. The number of carbonyl (C=O) groups is 1. The number of halogens is 1. The molecule has 2 heterocycles. The van der Waals surface area contributed by atoms with E-state index in [0.29, 0.717) is 41.5 Å². The summed E-state index contributed by atoms with van der Waals surface area (Å²) in [4.78, 5) is 15.5. The first kappa shape index (κ1) is 19.5. The molecule has 0 fully saturated rings. The zero-order chi connectivity index (χ0) is 19.6. The van der Waals surface area contributed by atoms with Gasteiger partial charge in [-0.15, -0.1) is 0 Å². The van der Waals surface area contributed by atoms with E-state index in [1.807, 2.05) is 18.2 Å². The van der Waals surface area contributed by atoms with Crippen LogP contribution in [0, 0.1) is 5.92 Å². The number of benzene rings is 1. The number of hydrogen-bond donors (Lipinski definition) is 2. The molecule has 6 nitrogen and oxygen atoms in total. The van der Waals surface area contributed by atoms with Crippen LogP contribution in [0.1, 0.15) is 32.8 Å². The summed E-state index contributed by atoms with van der Waals surface area (Å²) in [5.41, 5.74) is 8.79. The van der Waals surface area contributed by atoms with Gasteiger partial charge in [0, 0.05) is 30.3 Å². The van der Waals surface area contributed by atoms with Crippen LogP contribution < -0.4 is 20.5 Å². The lowest BCUT2D eigenvalue weighted by Crippen LogP contribution is -2.29. The highest BCUT2D eigenvalue weighted by Crippen LogP contribution is 2.46. The van der Waals surface area contributed by atoms with Gasteiger partial charge in [-0.3, -0.25) is 4.79 Å². The van der Waals surface area contributed by atoms with E-state index in [9.17, 15) is 4.79 Å². The first-order valence-electron chi connectivity index (χ1n) is 8.95. The Hall–Kier alpha value is -2.31. The molecule has 7 heteroatoms. The Morgan fingerprint density at radius 2 is 2.19 bits per heavy atom. The molecule has 0 bridgehead atoms. The Morgan fingerprint density at radius 1 is 1.41 bits per heavy atom. The quantitative estimate of drug-likeness (QED) is 0.779. The first-order valence-corrected chi connectivity index (χ1v) is 9.33. The van der Waals surface area contributed by atoms with Crippen molar-refractivity contribution in [2.45, 2.75) is 39.8 Å². The van der Waals surface area contributed by atoms with E-state index in [1.165, 1.54) is 6.92 Å². The molecule has 144 valence electrons. The molecule has 3 rings (SSSR count). The van der Waals surface area contributed by atoms with Crippen LogP contribution in [0.2, 0.25) is 5.02 Å². The highest BCUT2D eigenvalue weighted by Gasteiger charge is 2.23. The lowest BCUT2D eigenvalue weighted by molar-refractivity contribution is -0.114. The maximum atomic E-state index is 11.3. The minimum Gasteiger partial charge on any atom is -0.490 e. The zero-order valence-electron chi connectivity index (χ0n) is 15.7. The molecule has 1 amide bonds. The van der Waals surface area contributed by atoms with Crippen molar-refractivity contribution in [3.8, 4) is 22.6 Å². The van der Waals surface area contributed by atoms with Crippen molar-refractivity contribution < 1.29 is 14.3 Å². The van der Waals surface area contributed by atoms with Crippen molar-refractivity contribution in [2.24, 2.45) is 11.7 Å². The number of aromatic nitrogens is 1. The van der Waals surface area contributed by atoms with Crippen molar-refractivity contribution in [2.75, 3.05) is 11.9 Å². The average molecular weight is 390 g/mol. The monoisotopic (exact) mass is 389 g/mol. The van der Waals surface area contributed by atoms with Crippen LogP contribution in [0.3, 0.4) is 0 Å². The van der Waals surface area contributed by atoms with Crippen LogP contribution in [0.15, 0.2) is 24.4 Å². The number of nitrogens with two attached hydrogens (primary N) is 1. The predicted octanol–water partition coefficient (Wildman–Crippen LogP) is 4.01. The molecular formula is C20H24ClN3O3. The van der Waals surface area contributed by atoms with Gasteiger partial charge in [0.1, 0.15) is 35.6 Å². The van der Waals surface area contributed by atoms with Crippen molar-refractivity contribution in [1.29, 1.82) is 0 Å². The lowest BCUT2D eigenvalue weighted by Gasteiger charge is -2.23. The molecule has 0 spiro atoms. The van der Waals surface area contributed by atoms with Gasteiger partial charge in [-0.25, -0.2) is 4.98 Å². The van der Waals surface area contributed by atoms with E-state index in [1.54, 1.807) is 6.20 Å². The Bertz CT molecular complexity index is 855. The normalized spacial score (nSPS) is 13.4. The second-order valence-electron chi connectivity index (χ2n) is 7.15. The van der Waals surface area contributed by atoms with Crippen molar-refractivity contribution in [1.82, 2.24) is 4.98 Å². The summed E-state index contributed by atoms with van der Waals surface area (Å²) in [5, 5.41) is 3.12. The second kappa shape index (κ2) is 8.15. The van der Waals surface area contributed by atoms with Gasteiger partial charge < -0.3 is 20.5 Å². The number of fused-ring (bicyclic) bond motifs is 3. The fraction of sp³-hybridized carbons (Fsp3) is 0.400. The first-order chi connectivity index (χ1) is 12.8. The Balaban J connectivity index is 1.85. The van der Waals surface area contributed by atoms with Gasteiger partial charge in [-0.2, -0.15) is 0 Å².